The Balaban J connectivity index is 1.92. The first kappa shape index (κ1) is 16.4. The fraction of sp³-hybridized carbons (Fsp3) is 0.278. The summed E-state index contributed by atoms with van der Waals surface area (Å²) in [7, 11) is 0. The Labute approximate surface area is 137 Å². The molecule has 0 saturated heterocycles. The highest BCUT2D eigenvalue weighted by Gasteiger charge is 1.99. The highest BCUT2D eigenvalue weighted by Crippen LogP contribution is 2.14. The third kappa shape index (κ3) is 5.45. The van der Waals surface area contributed by atoms with E-state index in [1.54, 1.807) is 11.8 Å². The van der Waals surface area contributed by atoms with Crippen molar-refractivity contribution >= 4 is 17.7 Å². The van der Waals surface area contributed by atoms with Crippen LogP contribution in [-0.4, -0.2) is 18.8 Å². The van der Waals surface area contributed by atoms with E-state index in [0.717, 1.165) is 19.0 Å². The van der Waals surface area contributed by atoms with E-state index >= 15 is 0 Å². The number of hydrogen-bond acceptors (Lipinski definition) is 2. The number of aliphatic imine (C=N–C) groups is 1. The highest BCUT2D eigenvalue weighted by atomic mass is 32.2. The Morgan fingerprint density at radius 2 is 1.68 bits per heavy atom. The van der Waals surface area contributed by atoms with Gasteiger partial charge in [0.2, 0.25) is 0 Å². The number of thioether (sulfide) groups is 1. The van der Waals surface area contributed by atoms with Gasteiger partial charge in [0.1, 0.15) is 0 Å². The second-order valence-electron chi connectivity index (χ2n) is 4.88. The Bertz CT molecular complexity index is 579. The SMILES string of the molecule is CCNC(=NCc1ccccc1)NCc1ccc(SC)cc1. The molecule has 0 fully saturated rings. The molecule has 2 aromatic carbocycles. The fourth-order valence-corrected chi connectivity index (χ4v) is 2.43. The van der Waals surface area contributed by atoms with Crippen LogP contribution in [0.4, 0.5) is 0 Å². The second kappa shape index (κ2) is 9.15. The van der Waals surface area contributed by atoms with Crippen molar-refractivity contribution in [3.63, 3.8) is 0 Å². The lowest BCUT2D eigenvalue weighted by molar-refractivity contribution is 0.815. The molecule has 0 aliphatic carbocycles. The van der Waals surface area contributed by atoms with Crippen molar-refractivity contribution in [3.8, 4) is 0 Å². The molecule has 0 amide bonds. The van der Waals surface area contributed by atoms with E-state index in [2.05, 4.69) is 65.2 Å². The van der Waals surface area contributed by atoms with Gasteiger partial charge < -0.3 is 10.6 Å². The molecule has 22 heavy (non-hydrogen) atoms. The van der Waals surface area contributed by atoms with Crippen LogP contribution in [0.3, 0.4) is 0 Å². The lowest BCUT2D eigenvalue weighted by atomic mass is 10.2. The topological polar surface area (TPSA) is 36.4 Å². The first-order valence-electron chi connectivity index (χ1n) is 7.51. The Hall–Kier alpha value is -1.94. The summed E-state index contributed by atoms with van der Waals surface area (Å²) in [6, 6.07) is 18.9. The minimum absolute atomic E-state index is 0.682. The Morgan fingerprint density at radius 3 is 2.32 bits per heavy atom. The van der Waals surface area contributed by atoms with E-state index in [0.29, 0.717) is 6.54 Å². The van der Waals surface area contributed by atoms with Crippen LogP contribution >= 0.6 is 11.8 Å². The summed E-state index contributed by atoms with van der Waals surface area (Å²) in [5, 5.41) is 6.66. The van der Waals surface area contributed by atoms with Crippen LogP contribution in [0, 0.1) is 0 Å². The van der Waals surface area contributed by atoms with Crippen molar-refractivity contribution in [1.29, 1.82) is 0 Å². The van der Waals surface area contributed by atoms with Gasteiger partial charge in [0, 0.05) is 18.0 Å². The van der Waals surface area contributed by atoms with Crippen LogP contribution < -0.4 is 10.6 Å². The van der Waals surface area contributed by atoms with Crippen molar-refractivity contribution in [2.45, 2.75) is 24.9 Å². The van der Waals surface area contributed by atoms with Crippen LogP contribution in [0.2, 0.25) is 0 Å². The fourth-order valence-electron chi connectivity index (χ4n) is 2.02. The van der Waals surface area contributed by atoms with Gasteiger partial charge in [-0.2, -0.15) is 0 Å². The smallest absolute Gasteiger partial charge is 0.191 e. The number of guanidine groups is 1. The van der Waals surface area contributed by atoms with Crippen molar-refractivity contribution < 1.29 is 0 Å². The van der Waals surface area contributed by atoms with E-state index in [-0.39, 0.29) is 0 Å². The van der Waals surface area contributed by atoms with Crippen LogP contribution in [0.5, 0.6) is 0 Å². The molecule has 3 nitrogen and oxygen atoms in total. The van der Waals surface area contributed by atoms with Gasteiger partial charge in [0.15, 0.2) is 5.96 Å². The van der Waals surface area contributed by atoms with Gasteiger partial charge >= 0.3 is 0 Å². The average Bonchev–Trinajstić information content (AvgIpc) is 2.59. The van der Waals surface area contributed by atoms with Gasteiger partial charge in [-0.3, -0.25) is 0 Å². The summed E-state index contributed by atoms with van der Waals surface area (Å²) < 4.78 is 0. The van der Waals surface area contributed by atoms with Gasteiger partial charge in [-0.1, -0.05) is 42.5 Å². The van der Waals surface area contributed by atoms with Gasteiger partial charge in [0.25, 0.3) is 0 Å². The minimum Gasteiger partial charge on any atom is -0.357 e. The highest BCUT2D eigenvalue weighted by molar-refractivity contribution is 7.98. The first-order chi connectivity index (χ1) is 10.8. The molecule has 2 N–H and O–H groups in total. The quantitative estimate of drug-likeness (QED) is 0.485. The van der Waals surface area contributed by atoms with E-state index in [1.807, 2.05) is 18.2 Å². The van der Waals surface area contributed by atoms with Crippen molar-refractivity contribution in [2.24, 2.45) is 4.99 Å². The molecule has 0 spiro atoms. The van der Waals surface area contributed by atoms with Gasteiger partial charge in [-0.15, -0.1) is 11.8 Å². The zero-order valence-corrected chi connectivity index (χ0v) is 14.0. The monoisotopic (exact) mass is 313 g/mol. The maximum Gasteiger partial charge on any atom is 0.191 e. The second-order valence-corrected chi connectivity index (χ2v) is 5.76. The zero-order chi connectivity index (χ0) is 15.6. The van der Waals surface area contributed by atoms with Crippen LogP contribution in [0.1, 0.15) is 18.1 Å². The third-order valence-corrected chi connectivity index (χ3v) is 3.97. The molecule has 0 heterocycles. The number of rotatable bonds is 6. The Morgan fingerprint density at radius 1 is 0.955 bits per heavy atom. The maximum atomic E-state index is 4.62. The van der Waals surface area contributed by atoms with Crippen LogP contribution in [-0.2, 0) is 13.1 Å². The van der Waals surface area contributed by atoms with E-state index in [4.69, 9.17) is 0 Å². The molecule has 0 aliphatic heterocycles. The largest absolute Gasteiger partial charge is 0.357 e. The predicted octanol–water partition coefficient (Wildman–Crippen LogP) is 3.66. The molecule has 0 saturated carbocycles. The number of nitrogens with zero attached hydrogens (tertiary/aromatic N) is 1. The first-order valence-corrected chi connectivity index (χ1v) is 8.73. The third-order valence-electron chi connectivity index (χ3n) is 3.23. The molecule has 0 aliphatic rings. The molecular weight excluding hydrogens is 290 g/mol. The molecule has 2 rings (SSSR count). The van der Waals surface area contributed by atoms with E-state index < -0.39 is 0 Å². The zero-order valence-electron chi connectivity index (χ0n) is 13.2. The lowest BCUT2D eigenvalue weighted by Gasteiger charge is -2.11. The lowest BCUT2D eigenvalue weighted by Crippen LogP contribution is -2.36. The summed E-state index contributed by atoms with van der Waals surface area (Å²) in [5.41, 5.74) is 2.46. The standard InChI is InChI=1S/C18H23N3S/c1-3-19-18(20-13-15-7-5-4-6-8-15)21-14-16-9-11-17(22-2)12-10-16/h4-12H,3,13-14H2,1-2H3,(H2,19,20,21). The number of hydrogen-bond donors (Lipinski definition) is 2. The molecule has 0 bridgehead atoms. The Kier molecular flexibility index (Phi) is 6.84. The maximum absolute atomic E-state index is 4.62. The number of benzene rings is 2. The molecule has 0 unspecified atom stereocenters. The normalized spacial score (nSPS) is 11.3. The molecule has 0 aromatic heterocycles. The molecule has 4 heteroatoms. The summed E-state index contributed by atoms with van der Waals surface area (Å²) in [4.78, 5) is 5.91. The van der Waals surface area contributed by atoms with E-state index in [1.165, 1.54) is 16.0 Å². The average molecular weight is 313 g/mol. The van der Waals surface area contributed by atoms with Gasteiger partial charge in [-0.25, -0.2) is 4.99 Å². The van der Waals surface area contributed by atoms with Crippen molar-refractivity contribution in [1.82, 2.24) is 10.6 Å². The molecule has 0 atom stereocenters. The van der Waals surface area contributed by atoms with Crippen molar-refractivity contribution in [3.05, 3.63) is 65.7 Å². The predicted molar refractivity (Wildman–Crippen MR) is 96.3 cm³/mol. The minimum atomic E-state index is 0.682. The molecular formula is C18H23N3S. The van der Waals surface area contributed by atoms with Crippen LogP contribution in [0.25, 0.3) is 0 Å². The summed E-state index contributed by atoms with van der Waals surface area (Å²) in [6.45, 7) is 4.38. The summed E-state index contributed by atoms with van der Waals surface area (Å²) >= 11 is 1.76. The van der Waals surface area contributed by atoms with E-state index in [9.17, 15) is 0 Å². The van der Waals surface area contributed by atoms with Crippen molar-refractivity contribution in [2.75, 3.05) is 12.8 Å². The molecule has 2 aromatic rings. The molecule has 116 valence electrons. The molecule has 0 radical (unpaired) electrons. The van der Waals surface area contributed by atoms with Crippen LogP contribution in [0.15, 0.2) is 64.5 Å². The summed E-state index contributed by atoms with van der Waals surface area (Å²) in [5.74, 6) is 0.847. The van der Waals surface area contributed by atoms with Gasteiger partial charge in [0.05, 0.1) is 6.54 Å². The number of nitrogens with one attached hydrogen (secondary N) is 2. The summed E-state index contributed by atoms with van der Waals surface area (Å²) in [6.07, 6.45) is 2.09. The van der Waals surface area contributed by atoms with Gasteiger partial charge in [-0.05, 0) is 36.4 Å².